The van der Waals surface area contributed by atoms with E-state index in [0.29, 0.717) is 148 Å². The molecular formula is C105H137F2N14O22V-. The minimum atomic E-state index is -3.36. The van der Waals surface area contributed by atoms with Crippen LogP contribution in [0.15, 0.2) is 75.8 Å². The van der Waals surface area contributed by atoms with E-state index in [1.807, 2.05) is 99.8 Å². The average Bonchev–Trinajstić information content (AvgIpc) is 1.66. The fraction of sp³-hybridized carbons (Fsp3) is 0.629. The number of carbonyl (C=O) groups is 8. The van der Waals surface area contributed by atoms with Crippen LogP contribution in [0.3, 0.4) is 0 Å². The molecule has 2 unspecified atom stereocenters. The van der Waals surface area contributed by atoms with Crippen molar-refractivity contribution in [3.05, 3.63) is 107 Å². The predicted octanol–water partition coefficient (Wildman–Crippen LogP) is 16.6. The van der Waals surface area contributed by atoms with Crippen LogP contribution in [0.5, 0.6) is 34.9 Å². The number of amides is 6. The zero-order valence-corrected chi connectivity index (χ0v) is 86.3. The Morgan fingerprint density at radius 3 is 1.46 bits per heavy atom. The molecule has 3 saturated heterocycles. The van der Waals surface area contributed by atoms with Gasteiger partial charge in [-0.05, 0) is 199 Å². The SMILES string of the molecule is CC[C@@H]1[C@@H]2CN(C(=O)[C@H](C(C)(C)C)NC(=O)O[C@@H]3C[C@H]3CCCCC(F)(F)c3nc4ccc(OC)cc4nc3O2)[C@@H]1[C-]=O.Cc1cnc(COc2ccc3nc4c(nc3c2)O[C@H]2CN(C(=O)[C@H](C(C)(C)C)NC(=O)O[C@@H]3CC5CC5[C@H]3CCCCC4)[C@H](C(=O)O)[C@@H]2C)o1.Cc1cnc(COc2ccc3nc4c(nc3c2)O[C@H]2CN(C(=O)[C@H](C(C)(C)C)NC(=O)O[C@]3(C)CCC[C@H]3CCCCC4)[C@H](C(=O)O)[C@@H]2C)o1.[HH].[V]. The van der Waals surface area contributed by atoms with E-state index in [1.54, 1.807) is 77.3 Å². The summed E-state index contributed by atoms with van der Waals surface area (Å²) in [6.45, 7) is 27.7. The van der Waals surface area contributed by atoms with Crippen molar-refractivity contribution in [2.75, 3.05) is 26.7 Å². The number of aliphatic carboxylic acids is 2. The molecule has 7 fully saturated rings. The van der Waals surface area contributed by atoms with Crippen molar-refractivity contribution < 1.29 is 134 Å². The third-order valence-corrected chi connectivity index (χ3v) is 30.2. The standard InChI is InChI=1S/C37H47N5O8.C37H49N5O8.C31H39F2N4O6.V.H2/c1-19-16-38-30(48-19)18-47-22-11-12-25-27(15-22)40-33-26(39-25)10-8-6-7-9-23-24-13-21(24)14-28(23)50-36(46)41-32(37(3,4)5)34(43)42-17-29(49-33)20(2)31(42)35(44)45;1-21-18-38-29(48-21)20-47-24-14-15-25-27(17-24)40-32-26(39-25)13-9-7-8-11-23-12-10-16-37(23,6)50-35(46)41-31(36(3,4)5)33(43)42-19-28(49-32)22(2)30(42)34(44)45;1-6-19-22(16-38)37-15-24(19)42-27-25(34-20-11-10-18(41-5)14-21(20)35-27)31(32,33)12-8-7-9-17-13-23(17)43-29(40)36-26(28(37)39)30(2,3)4;;/h11-12,15-16,20-21,23-24,28-29,31-32H,6-10,13-14,17-18H2,1-5H3,(H,41,46)(H,44,45);14-15,17-18,22-23,28,30-31H,7-13,16,19-20H2,1-6H3,(H,41,46)(H,44,45);10-11,14,17,19,22-24,26H,6-9,12-13,15H2,1-5H3,(H,36,40);;1H/q;;-1;;/t20-,21?,23-,24?,28-,29+,31+,32-;22-,23-,28+,30+,31-,37-;17-,19+,22-,23-,24+,26-;;/m111../s1. The number of carboxylic acids is 2. The topological polar surface area (TPSA) is 452 Å². The number of carbonyl (C=O) groups excluding carboxylic acids is 7. The van der Waals surface area contributed by atoms with Crippen LogP contribution in [-0.2, 0) is 93.5 Å². The number of hydrogen-bond donors (Lipinski definition) is 5. The first-order chi connectivity index (χ1) is 67.9. The smallest absolute Gasteiger partial charge is 0.408 e. The van der Waals surface area contributed by atoms with Crippen LogP contribution < -0.4 is 44.4 Å². The number of aryl methyl sites for hydroxylation is 4. The monoisotopic (exact) mass is 2030 g/mol. The summed E-state index contributed by atoms with van der Waals surface area (Å²) >= 11 is 0. The summed E-state index contributed by atoms with van der Waals surface area (Å²) in [6, 6.07) is 9.29. The van der Waals surface area contributed by atoms with E-state index in [2.05, 4.69) is 35.9 Å². The summed E-state index contributed by atoms with van der Waals surface area (Å²) in [4.78, 5) is 161. The van der Waals surface area contributed by atoms with Gasteiger partial charge in [-0.2, -0.15) is 8.78 Å². The first kappa shape index (κ1) is 106. The summed E-state index contributed by atoms with van der Waals surface area (Å²) in [5.74, 6) is -2.92. The molecule has 5 aromatic heterocycles. The van der Waals surface area contributed by atoms with Crippen molar-refractivity contribution >= 4 is 87.3 Å². The number of alkyl carbamates (subject to hydrolysis) is 3. The van der Waals surface area contributed by atoms with Gasteiger partial charge in [0.2, 0.25) is 47.1 Å². The summed E-state index contributed by atoms with van der Waals surface area (Å²) in [5, 5.41) is 29.2. The van der Waals surface area contributed by atoms with E-state index in [4.69, 9.17) is 71.4 Å². The van der Waals surface area contributed by atoms with Crippen molar-refractivity contribution in [3.8, 4) is 34.9 Å². The maximum absolute atomic E-state index is 15.9. The summed E-state index contributed by atoms with van der Waals surface area (Å²) in [7, 11) is 1.49. The molecule has 779 valence electrons. The molecule has 4 aliphatic carbocycles. The fourth-order valence-electron chi connectivity index (χ4n) is 21.9. The van der Waals surface area contributed by atoms with E-state index in [1.165, 1.54) is 28.2 Å². The average molecular weight is 2040 g/mol. The molecule has 6 aliphatic heterocycles. The van der Waals surface area contributed by atoms with Crippen LogP contribution in [0, 0.1) is 77.4 Å². The molecule has 4 saturated carbocycles. The van der Waals surface area contributed by atoms with Gasteiger partial charge in [0.1, 0.15) is 106 Å². The van der Waals surface area contributed by atoms with E-state index >= 15 is 8.78 Å². The molecule has 10 aliphatic rings. The number of halogens is 2. The maximum atomic E-state index is 15.9. The molecule has 144 heavy (non-hydrogen) atoms. The minimum absolute atomic E-state index is 0. The van der Waals surface area contributed by atoms with E-state index < -0.39 is 160 Å². The molecule has 39 heteroatoms. The molecule has 36 nitrogen and oxygen atoms in total. The van der Waals surface area contributed by atoms with Crippen LogP contribution in [0.1, 0.15) is 254 Å². The minimum Gasteiger partial charge on any atom is -0.540 e. The molecule has 11 heterocycles. The van der Waals surface area contributed by atoms with Crippen LogP contribution in [0.4, 0.5) is 23.2 Å². The maximum Gasteiger partial charge on any atom is 0.408 e. The van der Waals surface area contributed by atoms with Crippen LogP contribution >= 0.6 is 0 Å². The molecule has 3 aromatic carbocycles. The van der Waals surface area contributed by atoms with Gasteiger partial charge in [0.15, 0.2) is 18.9 Å². The van der Waals surface area contributed by atoms with Gasteiger partial charge in [-0.1, -0.05) is 128 Å². The number of fused-ring (bicyclic) bond motifs is 17. The second-order valence-corrected chi connectivity index (χ2v) is 43.9. The zero-order valence-electron chi connectivity index (χ0n) is 84.9. The Bertz CT molecular complexity index is 5890. The van der Waals surface area contributed by atoms with Crippen molar-refractivity contribution in [3.63, 3.8) is 0 Å². The molecule has 1 radical (unpaired) electrons. The number of nitrogens with one attached hydrogen (secondary N) is 3. The van der Waals surface area contributed by atoms with E-state index in [-0.39, 0.29) is 94.7 Å². The van der Waals surface area contributed by atoms with E-state index in [0.717, 1.165) is 77.0 Å². The van der Waals surface area contributed by atoms with Gasteiger partial charge < -0.3 is 97.1 Å². The Hall–Kier alpha value is -11.8. The number of aromatic nitrogens is 8. The van der Waals surface area contributed by atoms with Crippen molar-refractivity contribution in [1.29, 1.82) is 0 Å². The quantitative estimate of drug-likeness (QED) is 0.0593. The van der Waals surface area contributed by atoms with Gasteiger partial charge in [-0.15, -0.1) is 0 Å². The number of hydrogen-bond acceptors (Lipinski definition) is 28. The number of nitrogens with zero attached hydrogens (tertiary/aromatic N) is 11. The van der Waals surface area contributed by atoms with Gasteiger partial charge in [-0.3, -0.25) is 14.4 Å². The molecule has 0 spiro atoms. The summed E-state index contributed by atoms with van der Waals surface area (Å²) in [5.41, 5.74) is 1.01. The van der Waals surface area contributed by atoms with Crippen LogP contribution in [0.25, 0.3) is 33.1 Å². The second-order valence-electron chi connectivity index (χ2n) is 43.9. The van der Waals surface area contributed by atoms with Gasteiger partial charge in [0.25, 0.3) is 5.92 Å². The number of alkyl halides is 2. The summed E-state index contributed by atoms with van der Waals surface area (Å²) in [6.07, 6.45) is 15.9. The number of oxazole rings is 2. The van der Waals surface area contributed by atoms with Crippen LogP contribution in [-0.4, -0.2) is 218 Å². The Balaban J connectivity index is 0.000000172. The van der Waals surface area contributed by atoms with Gasteiger partial charge in [0.05, 0.1) is 72.2 Å². The molecule has 5 N–H and O–H groups in total. The Morgan fingerprint density at radius 2 is 0.965 bits per heavy atom. The van der Waals surface area contributed by atoms with Crippen molar-refractivity contribution in [2.24, 2.45) is 63.6 Å². The Kier molecular flexibility index (Phi) is 32.4. The van der Waals surface area contributed by atoms with Gasteiger partial charge in [0, 0.05) is 56.4 Å². The first-order valence-electron chi connectivity index (χ1n) is 50.6. The molecule has 6 bridgehead atoms. The molecule has 6 amide bonds. The Morgan fingerprint density at radius 1 is 0.514 bits per heavy atom. The van der Waals surface area contributed by atoms with Crippen LogP contribution in [0.2, 0.25) is 0 Å². The second kappa shape index (κ2) is 43.8. The molecular weight excluding hydrogens is 1900 g/mol. The number of rotatable bonds is 11. The predicted molar refractivity (Wildman–Crippen MR) is 518 cm³/mol. The number of methoxy groups -OCH3 is 1. The van der Waals surface area contributed by atoms with Crippen molar-refractivity contribution in [2.45, 2.75) is 330 Å². The molecule has 20 atom stereocenters. The van der Waals surface area contributed by atoms with Gasteiger partial charge >= 0.3 is 30.2 Å². The molecule has 18 rings (SSSR count). The van der Waals surface area contributed by atoms with Crippen molar-refractivity contribution in [1.82, 2.24) is 70.5 Å². The van der Waals surface area contributed by atoms with Gasteiger partial charge in [-0.25, -0.2) is 70.1 Å². The molecule has 8 aromatic rings. The number of carboxylic acid groups (broad SMARTS) is 2. The number of benzene rings is 3. The third-order valence-electron chi connectivity index (χ3n) is 30.2. The first-order valence-corrected chi connectivity index (χ1v) is 50.6. The summed E-state index contributed by atoms with van der Waals surface area (Å²) < 4.78 is 96.9. The normalized spacial score (nSPS) is 29.1. The fourth-order valence-corrected chi connectivity index (χ4v) is 21.9. The largest absolute Gasteiger partial charge is 0.540 e. The van der Waals surface area contributed by atoms with E-state index in [9.17, 15) is 53.4 Å². The number of ether oxygens (including phenoxy) is 9. The Labute approximate surface area is 849 Å². The zero-order chi connectivity index (χ0) is 102. The third kappa shape index (κ3) is 24.3.